The molecular formula is C15H14OS. The van der Waals surface area contributed by atoms with E-state index < -0.39 is 0 Å². The van der Waals surface area contributed by atoms with Crippen molar-refractivity contribution in [2.24, 2.45) is 0 Å². The number of hydrogen-bond acceptors (Lipinski definition) is 2. The fraction of sp³-hybridized carbons (Fsp3) is 0.0667. The summed E-state index contributed by atoms with van der Waals surface area (Å²) < 4.78 is 0. The molecule has 0 aromatic heterocycles. The lowest BCUT2D eigenvalue weighted by atomic mass is 10.1. The molecule has 0 atom stereocenters. The van der Waals surface area contributed by atoms with E-state index in [4.69, 9.17) is 0 Å². The zero-order valence-electron chi connectivity index (χ0n) is 9.59. The Hall–Kier alpha value is -1.67. The van der Waals surface area contributed by atoms with Gasteiger partial charge in [0.2, 0.25) is 0 Å². The van der Waals surface area contributed by atoms with Crippen LogP contribution >= 0.6 is 12.6 Å². The lowest BCUT2D eigenvalue weighted by Gasteiger charge is -2.00. The smallest absolute Gasteiger partial charge is 0.118 e. The van der Waals surface area contributed by atoms with Crippen LogP contribution in [0, 0.1) is 6.92 Å². The summed E-state index contributed by atoms with van der Waals surface area (Å²) in [5.74, 6) is 0.335. The predicted octanol–water partition coefficient (Wildman–Crippen LogP) is 4.16. The van der Waals surface area contributed by atoms with Crippen molar-refractivity contribution < 1.29 is 5.11 Å². The molecular weight excluding hydrogens is 228 g/mol. The van der Waals surface area contributed by atoms with Gasteiger partial charge >= 0.3 is 0 Å². The lowest BCUT2D eigenvalue weighted by Crippen LogP contribution is -1.77. The first-order valence-corrected chi connectivity index (χ1v) is 5.86. The van der Waals surface area contributed by atoms with Crippen LogP contribution in [-0.4, -0.2) is 5.11 Å². The summed E-state index contributed by atoms with van der Waals surface area (Å²) >= 11 is 4.24. The third-order valence-corrected chi connectivity index (χ3v) is 2.88. The second kappa shape index (κ2) is 5.11. The van der Waals surface area contributed by atoms with Crippen LogP contribution in [-0.2, 0) is 0 Å². The largest absolute Gasteiger partial charge is 0.508 e. The molecule has 0 radical (unpaired) electrons. The summed E-state index contributed by atoms with van der Waals surface area (Å²) in [6.07, 6.45) is 4.07. The van der Waals surface area contributed by atoms with Gasteiger partial charge in [0.15, 0.2) is 0 Å². The third kappa shape index (κ3) is 3.14. The fourth-order valence-corrected chi connectivity index (χ4v) is 1.71. The molecule has 0 amide bonds. The van der Waals surface area contributed by atoms with Gasteiger partial charge in [0.05, 0.1) is 0 Å². The van der Waals surface area contributed by atoms with E-state index in [2.05, 4.69) is 12.6 Å². The molecule has 2 aromatic carbocycles. The molecule has 0 saturated heterocycles. The Morgan fingerprint density at radius 3 is 2.18 bits per heavy atom. The normalized spacial score (nSPS) is 10.9. The predicted molar refractivity (Wildman–Crippen MR) is 75.5 cm³/mol. The highest BCUT2D eigenvalue weighted by Crippen LogP contribution is 2.18. The average Bonchev–Trinajstić information content (AvgIpc) is 2.33. The molecule has 0 aliphatic heterocycles. The summed E-state index contributed by atoms with van der Waals surface area (Å²) in [5.41, 5.74) is 3.10. The van der Waals surface area contributed by atoms with Crippen LogP contribution in [0.4, 0.5) is 0 Å². The second-order valence-corrected chi connectivity index (χ2v) is 4.49. The summed E-state index contributed by atoms with van der Waals surface area (Å²) in [4.78, 5) is 0.961. The Morgan fingerprint density at radius 1 is 0.941 bits per heavy atom. The zero-order chi connectivity index (χ0) is 12.3. The molecule has 0 aliphatic carbocycles. The molecule has 0 fully saturated rings. The molecule has 0 unspecified atom stereocenters. The van der Waals surface area contributed by atoms with E-state index in [1.165, 1.54) is 0 Å². The number of aromatic hydroxyl groups is 1. The summed E-state index contributed by atoms with van der Waals surface area (Å²) in [7, 11) is 0. The quantitative estimate of drug-likeness (QED) is 0.598. The van der Waals surface area contributed by atoms with Crippen molar-refractivity contribution in [2.75, 3.05) is 0 Å². The van der Waals surface area contributed by atoms with E-state index in [0.29, 0.717) is 5.75 Å². The van der Waals surface area contributed by atoms with Gasteiger partial charge < -0.3 is 5.11 Å². The number of phenols is 1. The van der Waals surface area contributed by atoms with Gasteiger partial charge in [-0.05, 0) is 47.9 Å². The van der Waals surface area contributed by atoms with Crippen LogP contribution in [0.3, 0.4) is 0 Å². The number of aryl methyl sites for hydroxylation is 1. The molecule has 1 N–H and O–H groups in total. The van der Waals surface area contributed by atoms with Crippen LogP contribution in [0.5, 0.6) is 5.75 Å². The number of rotatable bonds is 2. The Bertz CT molecular complexity index is 541. The molecule has 0 bridgehead atoms. The van der Waals surface area contributed by atoms with Crippen molar-refractivity contribution >= 4 is 24.8 Å². The Kier molecular flexibility index (Phi) is 3.55. The SMILES string of the molecule is Cc1cc(/C=C/c2ccc(S)cc2)ccc1O. The van der Waals surface area contributed by atoms with Crippen molar-refractivity contribution in [3.05, 3.63) is 59.2 Å². The number of phenolic OH excluding ortho intramolecular Hbond substituents is 1. The first-order valence-electron chi connectivity index (χ1n) is 5.42. The van der Waals surface area contributed by atoms with Crippen LogP contribution in [0.25, 0.3) is 12.2 Å². The molecule has 0 heterocycles. The molecule has 2 heteroatoms. The maximum absolute atomic E-state index is 9.43. The van der Waals surface area contributed by atoms with E-state index >= 15 is 0 Å². The van der Waals surface area contributed by atoms with Crippen molar-refractivity contribution in [1.82, 2.24) is 0 Å². The Balaban J connectivity index is 2.20. The maximum atomic E-state index is 9.43. The molecule has 2 aromatic rings. The Labute approximate surface area is 107 Å². The van der Waals surface area contributed by atoms with Gasteiger partial charge in [-0.25, -0.2) is 0 Å². The van der Waals surface area contributed by atoms with Gasteiger partial charge in [0.1, 0.15) is 5.75 Å². The van der Waals surface area contributed by atoms with Gasteiger partial charge in [0.25, 0.3) is 0 Å². The minimum absolute atomic E-state index is 0.335. The first kappa shape index (κ1) is 11.8. The van der Waals surface area contributed by atoms with Crippen molar-refractivity contribution in [2.45, 2.75) is 11.8 Å². The van der Waals surface area contributed by atoms with Crippen LogP contribution in [0.1, 0.15) is 16.7 Å². The summed E-state index contributed by atoms with van der Waals surface area (Å²) in [5, 5.41) is 9.43. The Morgan fingerprint density at radius 2 is 1.53 bits per heavy atom. The number of thiol groups is 1. The van der Waals surface area contributed by atoms with Gasteiger partial charge in [-0.2, -0.15) is 0 Å². The van der Waals surface area contributed by atoms with Gasteiger partial charge in [0, 0.05) is 4.90 Å². The van der Waals surface area contributed by atoms with Gasteiger partial charge in [-0.15, -0.1) is 12.6 Å². The molecule has 86 valence electrons. The third-order valence-electron chi connectivity index (χ3n) is 2.58. The molecule has 1 nitrogen and oxygen atoms in total. The van der Waals surface area contributed by atoms with Crippen LogP contribution in [0.15, 0.2) is 47.4 Å². The topological polar surface area (TPSA) is 20.2 Å². The van der Waals surface area contributed by atoms with E-state index in [0.717, 1.165) is 21.6 Å². The van der Waals surface area contributed by atoms with E-state index in [-0.39, 0.29) is 0 Å². The van der Waals surface area contributed by atoms with E-state index in [1.54, 1.807) is 6.07 Å². The van der Waals surface area contributed by atoms with E-state index in [9.17, 15) is 5.11 Å². The highest BCUT2D eigenvalue weighted by Gasteiger charge is 1.95. The second-order valence-electron chi connectivity index (χ2n) is 3.97. The number of benzene rings is 2. The van der Waals surface area contributed by atoms with Crippen LogP contribution < -0.4 is 0 Å². The monoisotopic (exact) mass is 242 g/mol. The molecule has 2 rings (SSSR count). The lowest BCUT2D eigenvalue weighted by molar-refractivity contribution is 0.471. The maximum Gasteiger partial charge on any atom is 0.118 e. The van der Waals surface area contributed by atoms with Gasteiger partial charge in [-0.3, -0.25) is 0 Å². The van der Waals surface area contributed by atoms with Crippen molar-refractivity contribution in [1.29, 1.82) is 0 Å². The molecule has 0 aliphatic rings. The minimum atomic E-state index is 0.335. The minimum Gasteiger partial charge on any atom is -0.508 e. The zero-order valence-corrected chi connectivity index (χ0v) is 10.5. The van der Waals surface area contributed by atoms with Crippen molar-refractivity contribution in [3.63, 3.8) is 0 Å². The fourth-order valence-electron chi connectivity index (χ4n) is 1.56. The molecule has 0 saturated carbocycles. The standard InChI is InChI=1S/C15H14OS/c1-11-10-13(6-9-15(11)16)3-2-12-4-7-14(17)8-5-12/h2-10,16-17H,1H3/b3-2+. The summed E-state index contributed by atoms with van der Waals surface area (Å²) in [6, 6.07) is 13.5. The first-order chi connectivity index (χ1) is 8.15. The average molecular weight is 242 g/mol. The highest BCUT2D eigenvalue weighted by molar-refractivity contribution is 7.80. The molecule has 17 heavy (non-hydrogen) atoms. The van der Waals surface area contributed by atoms with Crippen molar-refractivity contribution in [3.8, 4) is 5.75 Å². The molecule has 0 spiro atoms. The van der Waals surface area contributed by atoms with Gasteiger partial charge in [-0.1, -0.05) is 30.4 Å². The van der Waals surface area contributed by atoms with Crippen LogP contribution in [0.2, 0.25) is 0 Å². The summed E-state index contributed by atoms with van der Waals surface area (Å²) in [6.45, 7) is 1.89. The number of hydrogen-bond donors (Lipinski definition) is 2. The highest BCUT2D eigenvalue weighted by atomic mass is 32.1. The van der Waals surface area contributed by atoms with E-state index in [1.807, 2.05) is 55.5 Å².